The highest BCUT2D eigenvalue weighted by Gasteiger charge is 2.14. The van der Waals surface area contributed by atoms with Gasteiger partial charge in [0.15, 0.2) is 0 Å². The van der Waals surface area contributed by atoms with Gasteiger partial charge in [0.05, 0.1) is 11.0 Å². The SMILES string of the molecule is C[C@H](NCc1cccc([N+](=O)[O-])c1)[C@H](O)Cc1ccccc1. The molecule has 5 heteroatoms. The zero-order valence-electron chi connectivity index (χ0n) is 12.5. The molecule has 0 aliphatic heterocycles. The molecule has 0 saturated heterocycles. The van der Waals surface area contributed by atoms with Crippen molar-refractivity contribution in [3.8, 4) is 0 Å². The van der Waals surface area contributed by atoms with Crippen molar-refractivity contribution in [3.63, 3.8) is 0 Å². The number of nitro benzene ring substituents is 1. The first-order valence-electron chi connectivity index (χ1n) is 7.25. The fraction of sp³-hybridized carbons (Fsp3) is 0.294. The van der Waals surface area contributed by atoms with Crippen LogP contribution in [0.25, 0.3) is 0 Å². The monoisotopic (exact) mass is 300 g/mol. The van der Waals surface area contributed by atoms with E-state index >= 15 is 0 Å². The Bertz CT molecular complexity index is 616. The fourth-order valence-electron chi connectivity index (χ4n) is 2.23. The minimum absolute atomic E-state index is 0.0804. The summed E-state index contributed by atoms with van der Waals surface area (Å²) >= 11 is 0. The van der Waals surface area contributed by atoms with Gasteiger partial charge in [-0.2, -0.15) is 0 Å². The first kappa shape index (κ1) is 16.1. The molecule has 5 nitrogen and oxygen atoms in total. The van der Waals surface area contributed by atoms with Crippen molar-refractivity contribution in [2.45, 2.75) is 32.0 Å². The molecule has 22 heavy (non-hydrogen) atoms. The lowest BCUT2D eigenvalue weighted by Gasteiger charge is -2.20. The van der Waals surface area contributed by atoms with Crippen molar-refractivity contribution in [2.75, 3.05) is 0 Å². The van der Waals surface area contributed by atoms with Gasteiger partial charge in [-0.15, -0.1) is 0 Å². The van der Waals surface area contributed by atoms with Gasteiger partial charge in [-0.3, -0.25) is 10.1 Å². The zero-order chi connectivity index (χ0) is 15.9. The van der Waals surface area contributed by atoms with Crippen LogP contribution in [-0.4, -0.2) is 22.2 Å². The second-order valence-corrected chi connectivity index (χ2v) is 5.35. The van der Waals surface area contributed by atoms with Gasteiger partial charge in [0.1, 0.15) is 0 Å². The Morgan fingerprint density at radius 1 is 1.14 bits per heavy atom. The predicted molar refractivity (Wildman–Crippen MR) is 85.6 cm³/mol. The average Bonchev–Trinajstić information content (AvgIpc) is 2.53. The Morgan fingerprint density at radius 3 is 2.50 bits per heavy atom. The smallest absolute Gasteiger partial charge is 0.269 e. The molecule has 2 aromatic carbocycles. The number of hydrogen-bond acceptors (Lipinski definition) is 4. The highest BCUT2D eigenvalue weighted by Crippen LogP contribution is 2.13. The van der Waals surface area contributed by atoms with E-state index in [-0.39, 0.29) is 11.7 Å². The third kappa shape index (κ3) is 4.65. The highest BCUT2D eigenvalue weighted by atomic mass is 16.6. The van der Waals surface area contributed by atoms with Gasteiger partial charge in [0.25, 0.3) is 5.69 Å². The summed E-state index contributed by atoms with van der Waals surface area (Å²) in [6.45, 7) is 2.39. The van der Waals surface area contributed by atoms with Crippen LogP contribution < -0.4 is 5.32 Å². The van der Waals surface area contributed by atoms with E-state index in [2.05, 4.69) is 5.32 Å². The molecule has 0 aliphatic rings. The van der Waals surface area contributed by atoms with Gasteiger partial charge < -0.3 is 10.4 Å². The summed E-state index contributed by atoms with van der Waals surface area (Å²) in [4.78, 5) is 10.3. The van der Waals surface area contributed by atoms with Gasteiger partial charge in [-0.25, -0.2) is 0 Å². The Kier molecular flexibility index (Phi) is 5.63. The Morgan fingerprint density at radius 2 is 1.82 bits per heavy atom. The van der Waals surface area contributed by atoms with Gasteiger partial charge in [-0.1, -0.05) is 42.5 Å². The molecule has 0 aliphatic carbocycles. The molecule has 2 aromatic rings. The molecule has 2 N–H and O–H groups in total. The fourth-order valence-corrected chi connectivity index (χ4v) is 2.23. The largest absolute Gasteiger partial charge is 0.391 e. The van der Waals surface area contributed by atoms with Crippen LogP contribution in [0.4, 0.5) is 5.69 Å². The minimum atomic E-state index is -0.513. The topological polar surface area (TPSA) is 75.4 Å². The molecule has 0 aromatic heterocycles. The van der Waals surface area contributed by atoms with Gasteiger partial charge in [0, 0.05) is 24.7 Å². The van der Waals surface area contributed by atoms with Crippen molar-refractivity contribution in [1.82, 2.24) is 5.32 Å². The minimum Gasteiger partial charge on any atom is -0.391 e. The molecule has 0 saturated carbocycles. The van der Waals surface area contributed by atoms with Crippen LogP contribution in [0.5, 0.6) is 0 Å². The highest BCUT2D eigenvalue weighted by molar-refractivity contribution is 5.34. The van der Waals surface area contributed by atoms with Gasteiger partial charge in [0.2, 0.25) is 0 Å². The number of aliphatic hydroxyl groups excluding tert-OH is 1. The van der Waals surface area contributed by atoms with E-state index in [1.807, 2.05) is 43.3 Å². The zero-order valence-corrected chi connectivity index (χ0v) is 12.5. The van der Waals surface area contributed by atoms with Crippen molar-refractivity contribution in [1.29, 1.82) is 0 Å². The molecule has 0 bridgehead atoms. The van der Waals surface area contributed by atoms with Crippen LogP contribution in [0.2, 0.25) is 0 Å². The Hall–Kier alpha value is -2.24. The molecule has 0 radical (unpaired) electrons. The normalized spacial score (nSPS) is 13.5. The lowest BCUT2D eigenvalue weighted by Crippen LogP contribution is -2.38. The molecule has 2 atom stereocenters. The number of hydrogen-bond donors (Lipinski definition) is 2. The number of nitro groups is 1. The lowest BCUT2D eigenvalue weighted by atomic mass is 10.0. The van der Waals surface area contributed by atoms with Crippen LogP contribution in [0, 0.1) is 10.1 Å². The summed E-state index contributed by atoms with van der Waals surface area (Å²) < 4.78 is 0. The van der Waals surface area contributed by atoms with Crippen molar-refractivity contribution in [2.24, 2.45) is 0 Å². The third-order valence-corrected chi connectivity index (χ3v) is 3.61. The molecule has 0 fully saturated rings. The maximum atomic E-state index is 10.7. The summed E-state index contributed by atoms with van der Waals surface area (Å²) in [6, 6.07) is 16.2. The first-order valence-corrected chi connectivity index (χ1v) is 7.25. The van der Waals surface area contributed by atoms with E-state index in [1.165, 1.54) is 6.07 Å². The van der Waals surface area contributed by atoms with E-state index in [9.17, 15) is 15.2 Å². The van der Waals surface area contributed by atoms with Crippen LogP contribution in [0.3, 0.4) is 0 Å². The molecule has 116 valence electrons. The second kappa shape index (κ2) is 7.68. The summed E-state index contributed by atoms with van der Waals surface area (Å²) in [6.07, 6.45) is 0.0605. The maximum Gasteiger partial charge on any atom is 0.269 e. The number of rotatable bonds is 7. The standard InChI is InChI=1S/C17H20N2O3/c1-13(17(20)11-14-6-3-2-4-7-14)18-12-15-8-5-9-16(10-15)19(21)22/h2-10,13,17-18,20H,11-12H2,1H3/t13-,17+/m0/s1. The lowest BCUT2D eigenvalue weighted by molar-refractivity contribution is -0.384. The van der Waals surface area contributed by atoms with E-state index in [1.54, 1.807) is 12.1 Å². The molecule has 0 heterocycles. The number of benzene rings is 2. The van der Waals surface area contributed by atoms with Gasteiger partial charge >= 0.3 is 0 Å². The third-order valence-electron chi connectivity index (χ3n) is 3.61. The predicted octanol–water partition coefficient (Wildman–Crippen LogP) is 2.68. The first-order chi connectivity index (χ1) is 10.6. The molecular formula is C17H20N2O3. The quantitative estimate of drug-likeness (QED) is 0.609. The molecule has 0 amide bonds. The van der Waals surface area contributed by atoms with Crippen LogP contribution >= 0.6 is 0 Å². The summed E-state index contributed by atoms with van der Waals surface area (Å²) in [5.41, 5.74) is 1.99. The van der Waals surface area contributed by atoms with Crippen molar-refractivity contribution < 1.29 is 10.0 Å². The van der Waals surface area contributed by atoms with E-state index in [4.69, 9.17) is 0 Å². The van der Waals surface area contributed by atoms with Crippen molar-refractivity contribution >= 4 is 5.69 Å². The molecular weight excluding hydrogens is 280 g/mol. The van der Waals surface area contributed by atoms with Crippen LogP contribution in [0.1, 0.15) is 18.1 Å². The Balaban J connectivity index is 1.88. The second-order valence-electron chi connectivity index (χ2n) is 5.35. The van der Waals surface area contributed by atoms with Crippen molar-refractivity contribution in [3.05, 3.63) is 75.8 Å². The van der Waals surface area contributed by atoms with E-state index in [0.717, 1.165) is 11.1 Å². The van der Waals surface area contributed by atoms with Gasteiger partial charge in [-0.05, 0) is 24.5 Å². The molecule has 0 unspecified atom stereocenters. The van der Waals surface area contributed by atoms with E-state index in [0.29, 0.717) is 13.0 Å². The number of nitrogens with zero attached hydrogens (tertiary/aromatic N) is 1. The van der Waals surface area contributed by atoms with Crippen LogP contribution in [0.15, 0.2) is 54.6 Å². The summed E-state index contributed by atoms with van der Waals surface area (Å²) in [5, 5.41) is 24.2. The summed E-state index contributed by atoms with van der Waals surface area (Å²) in [5.74, 6) is 0. The van der Waals surface area contributed by atoms with E-state index < -0.39 is 11.0 Å². The Labute approximate surface area is 129 Å². The van der Waals surface area contributed by atoms with Crippen LogP contribution in [-0.2, 0) is 13.0 Å². The molecule has 2 rings (SSSR count). The number of non-ortho nitro benzene ring substituents is 1. The average molecular weight is 300 g/mol. The maximum absolute atomic E-state index is 10.7. The molecule has 0 spiro atoms. The number of aliphatic hydroxyl groups is 1. The number of nitrogens with one attached hydrogen (secondary N) is 1. The summed E-state index contributed by atoms with van der Waals surface area (Å²) in [7, 11) is 0.